The van der Waals surface area contributed by atoms with E-state index in [0.717, 1.165) is 5.56 Å². The number of benzene rings is 3. The predicted octanol–water partition coefficient (Wildman–Crippen LogP) is 5.00. The number of nitrogens with zero attached hydrogens (tertiary/aromatic N) is 2. The first-order valence-corrected chi connectivity index (χ1v) is 10.7. The van der Waals surface area contributed by atoms with Crippen molar-refractivity contribution in [1.82, 2.24) is 15.0 Å². The third-order valence-electron chi connectivity index (χ3n) is 5.63. The van der Waals surface area contributed by atoms with E-state index in [-0.39, 0.29) is 11.7 Å². The van der Waals surface area contributed by atoms with Crippen molar-refractivity contribution in [1.29, 1.82) is 0 Å². The number of rotatable bonds is 5. The molecule has 1 amide bonds. The van der Waals surface area contributed by atoms with Gasteiger partial charge in [0.2, 0.25) is 0 Å². The number of hydrogen-bond acceptors (Lipinski definition) is 5. The van der Waals surface area contributed by atoms with Crippen LogP contribution < -0.4 is 11.1 Å². The maximum Gasteiger partial charge on any atom is 0.256 e. The van der Waals surface area contributed by atoms with Crippen LogP contribution in [0.25, 0.3) is 22.6 Å². The Balaban J connectivity index is 1.43. The van der Waals surface area contributed by atoms with Gasteiger partial charge in [0.1, 0.15) is 11.3 Å². The fraction of sp³-hybridized carbons (Fsp3) is 0.0370. The highest BCUT2D eigenvalue weighted by Gasteiger charge is 2.18. The number of imidazole rings is 1. The van der Waals surface area contributed by atoms with Gasteiger partial charge in [0.25, 0.3) is 5.91 Å². The van der Waals surface area contributed by atoms with Gasteiger partial charge in [0.15, 0.2) is 11.4 Å². The number of hydrogen-bond donors (Lipinski definition) is 3. The van der Waals surface area contributed by atoms with Crippen molar-refractivity contribution < 1.29 is 9.59 Å². The molecule has 0 aliphatic carbocycles. The number of aromatic nitrogens is 3. The molecule has 2 aromatic heterocycles. The van der Waals surface area contributed by atoms with E-state index in [1.807, 2.05) is 36.4 Å². The Morgan fingerprint density at radius 2 is 1.62 bits per heavy atom. The standard InChI is InChI=1S/C27H21N5O2/c1-16-21(12-19(13-22(16)28)24(33)17-8-4-2-5-9-17)27(34)30-20-14-23-26(29-15-20)32-25(31-23)18-10-6-3-7-11-18/h2-15H,28H2,1H3,(H,30,34)(H,29,31,32). The van der Waals surface area contributed by atoms with Gasteiger partial charge in [0, 0.05) is 27.9 Å². The van der Waals surface area contributed by atoms with Crippen LogP contribution in [0.3, 0.4) is 0 Å². The van der Waals surface area contributed by atoms with E-state index in [4.69, 9.17) is 5.73 Å². The van der Waals surface area contributed by atoms with Crippen molar-refractivity contribution in [2.75, 3.05) is 11.1 Å². The number of aromatic amines is 1. The molecule has 166 valence electrons. The molecule has 0 spiro atoms. The van der Waals surface area contributed by atoms with Crippen LogP contribution in [-0.2, 0) is 0 Å². The van der Waals surface area contributed by atoms with Gasteiger partial charge in [-0.1, -0.05) is 60.7 Å². The number of ketones is 1. The van der Waals surface area contributed by atoms with E-state index < -0.39 is 0 Å². The molecule has 0 atom stereocenters. The average molecular weight is 447 g/mol. The lowest BCUT2D eigenvalue weighted by atomic mass is 9.97. The molecule has 0 aliphatic heterocycles. The zero-order chi connectivity index (χ0) is 23.7. The van der Waals surface area contributed by atoms with Gasteiger partial charge >= 0.3 is 0 Å². The van der Waals surface area contributed by atoms with Crippen LogP contribution in [0.15, 0.2) is 85.1 Å². The number of nitrogen functional groups attached to an aromatic ring is 1. The van der Waals surface area contributed by atoms with Crippen LogP contribution in [0, 0.1) is 6.92 Å². The Bertz CT molecular complexity index is 1530. The molecule has 0 aliphatic rings. The maximum atomic E-state index is 13.1. The summed E-state index contributed by atoms with van der Waals surface area (Å²) in [6.07, 6.45) is 1.56. The number of fused-ring (bicyclic) bond motifs is 1. The molecule has 0 unspecified atom stereocenters. The number of nitrogens with one attached hydrogen (secondary N) is 2. The highest BCUT2D eigenvalue weighted by molar-refractivity contribution is 6.13. The first kappa shape index (κ1) is 21.1. The molecule has 0 saturated carbocycles. The number of H-pyrrole nitrogens is 1. The predicted molar refractivity (Wildman–Crippen MR) is 133 cm³/mol. The summed E-state index contributed by atoms with van der Waals surface area (Å²) in [6.45, 7) is 1.75. The van der Waals surface area contributed by atoms with Crippen molar-refractivity contribution in [3.05, 3.63) is 107 Å². The van der Waals surface area contributed by atoms with E-state index >= 15 is 0 Å². The summed E-state index contributed by atoms with van der Waals surface area (Å²) < 4.78 is 0. The molecule has 3 aromatic carbocycles. The highest BCUT2D eigenvalue weighted by atomic mass is 16.1. The fourth-order valence-corrected chi connectivity index (χ4v) is 3.75. The molecule has 7 heteroatoms. The quantitative estimate of drug-likeness (QED) is 0.259. The summed E-state index contributed by atoms with van der Waals surface area (Å²) in [7, 11) is 0. The second-order valence-electron chi connectivity index (χ2n) is 7.93. The van der Waals surface area contributed by atoms with Crippen LogP contribution in [0.1, 0.15) is 31.8 Å². The Hall–Kier alpha value is -4.78. The molecule has 0 saturated heterocycles. The zero-order valence-corrected chi connectivity index (χ0v) is 18.4. The normalized spacial score (nSPS) is 10.9. The average Bonchev–Trinajstić information content (AvgIpc) is 3.29. The summed E-state index contributed by atoms with van der Waals surface area (Å²) in [5.41, 5.74) is 11.0. The number of carbonyl (C=O) groups is 2. The number of amides is 1. The third-order valence-corrected chi connectivity index (χ3v) is 5.63. The molecule has 0 fully saturated rings. The van der Waals surface area contributed by atoms with Gasteiger partial charge in [-0.15, -0.1) is 0 Å². The molecule has 7 nitrogen and oxygen atoms in total. The topological polar surface area (TPSA) is 114 Å². The van der Waals surface area contributed by atoms with Crippen molar-refractivity contribution >= 4 is 34.2 Å². The van der Waals surface area contributed by atoms with Crippen LogP contribution in [0.4, 0.5) is 11.4 Å². The zero-order valence-electron chi connectivity index (χ0n) is 18.4. The highest BCUT2D eigenvalue weighted by Crippen LogP contribution is 2.24. The molecule has 0 bridgehead atoms. The number of carbonyl (C=O) groups excluding carboxylic acids is 2. The summed E-state index contributed by atoms with van der Waals surface area (Å²) in [6, 6.07) is 23.5. The fourth-order valence-electron chi connectivity index (χ4n) is 3.75. The third kappa shape index (κ3) is 4.02. The molecular formula is C27H21N5O2. The monoisotopic (exact) mass is 447 g/mol. The maximum absolute atomic E-state index is 13.1. The van der Waals surface area contributed by atoms with Gasteiger partial charge in [-0.2, -0.15) is 0 Å². The van der Waals surface area contributed by atoms with Crippen molar-refractivity contribution in [3.8, 4) is 11.4 Å². The minimum atomic E-state index is -0.383. The van der Waals surface area contributed by atoms with Crippen molar-refractivity contribution in [2.45, 2.75) is 6.92 Å². The number of pyridine rings is 1. The van der Waals surface area contributed by atoms with Crippen LogP contribution in [0.2, 0.25) is 0 Å². The van der Waals surface area contributed by atoms with Gasteiger partial charge < -0.3 is 16.0 Å². The lowest BCUT2D eigenvalue weighted by Crippen LogP contribution is -2.16. The SMILES string of the molecule is Cc1c(N)cc(C(=O)c2ccccc2)cc1C(=O)Nc1cnc2[nH]c(-c3ccccc3)nc2c1. The molecule has 34 heavy (non-hydrogen) atoms. The number of anilines is 2. The van der Waals surface area contributed by atoms with E-state index in [1.165, 1.54) is 0 Å². The van der Waals surface area contributed by atoms with Crippen molar-refractivity contribution in [3.63, 3.8) is 0 Å². The van der Waals surface area contributed by atoms with Crippen LogP contribution in [-0.4, -0.2) is 26.6 Å². The molecular weight excluding hydrogens is 426 g/mol. The molecule has 2 heterocycles. The van der Waals surface area contributed by atoms with E-state index in [0.29, 0.717) is 50.6 Å². The smallest absolute Gasteiger partial charge is 0.256 e. The van der Waals surface area contributed by atoms with Gasteiger partial charge in [-0.3, -0.25) is 9.59 Å². The molecule has 0 radical (unpaired) electrons. The largest absolute Gasteiger partial charge is 0.398 e. The van der Waals surface area contributed by atoms with E-state index in [2.05, 4.69) is 20.3 Å². The van der Waals surface area contributed by atoms with Crippen molar-refractivity contribution in [2.24, 2.45) is 0 Å². The summed E-state index contributed by atoms with van der Waals surface area (Å²) in [5.74, 6) is 0.114. The first-order chi connectivity index (χ1) is 16.5. The first-order valence-electron chi connectivity index (χ1n) is 10.7. The Morgan fingerprint density at radius 3 is 2.35 bits per heavy atom. The Kier molecular flexibility index (Phi) is 5.35. The van der Waals surface area contributed by atoms with E-state index in [1.54, 1.807) is 55.6 Å². The number of nitrogens with two attached hydrogens (primary N) is 1. The van der Waals surface area contributed by atoms with Gasteiger partial charge in [-0.25, -0.2) is 9.97 Å². The Morgan fingerprint density at radius 1 is 0.912 bits per heavy atom. The lowest BCUT2D eigenvalue weighted by molar-refractivity contribution is 0.102. The minimum absolute atomic E-state index is 0.200. The van der Waals surface area contributed by atoms with E-state index in [9.17, 15) is 9.59 Å². The second kappa shape index (κ2) is 8.63. The summed E-state index contributed by atoms with van der Waals surface area (Å²) in [5, 5.41) is 2.85. The summed E-state index contributed by atoms with van der Waals surface area (Å²) in [4.78, 5) is 38.2. The molecule has 4 N–H and O–H groups in total. The Labute approximate surface area is 195 Å². The minimum Gasteiger partial charge on any atom is -0.398 e. The van der Waals surface area contributed by atoms with Crippen LogP contribution in [0.5, 0.6) is 0 Å². The summed E-state index contributed by atoms with van der Waals surface area (Å²) >= 11 is 0. The molecule has 5 aromatic rings. The van der Waals surface area contributed by atoms with Gasteiger partial charge in [0.05, 0.1) is 11.9 Å². The lowest BCUT2D eigenvalue weighted by Gasteiger charge is -2.12. The molecule has 5 rings (SSSR count). The second-order valence-corrected chi connectivity index (χ2v) is 7.93. The van der Waals surface area contributed by atoms with Crippen LogP contribution >= 0.6 is 0 Å². The van der Waals surface area contributed by atoms with Gasteiger partial charge in [-0.05, 0) is 30.7 Å².